The number of aromatic nitrogens is 4. The molecular formula is C23H26N6O2. The van der Waals surface area contributed by atoms with E-state index in [1.807, 2.05) is 45.8 Å². The summed E-state index contributed by atoms with van der Waals surface area (Å²) in [5.74, 6) is 0.927. The highest BCUT2D eigenvalue weighted by atomic mass is 16.5. The van der Waals surface area contributed by atoms with Crippen molar-refractivity contribution in [3.8, 4) is 0 Å². The van der Waals surface area contributed by atoms with Gasteiger partial charge in [-0.3, -0.25) is 4.79 Å². The lowest BCUT2D eigenvalue weighted by Gasteiger charge is -2.26. The third-order valence-corrected chi connectivity index (χ3v) is 5.72. The summed E-state index contributed by atoms with van der Waals surface area (Å²) in [6.07, 6.45) is 2.73. The highest BCUT2D eigenvalue weighted by Gasteiger charge is 2.25. The number of carbonyl (C=O) groups is 1. The van der Waals surface area contributed by atoms with Crippen LogP contribution >= 0.6 is 0 Å². The van der Waals surface area contributed by atoms with Crippen LogP contribution in [0, 0.1) is 6.92 Å². The molecule has 0 unspecified atom stereocenters. The Labute approximate surface area is 180 Å². The predicted molar refractivity (Wildman–Crippen MR) is 118 cm³/mol. The van der Waals surface area contributed by atoms with Crippen molar-refractivity contribution >= 4 is 22.6 Å². The number of H-pyrrole nitrogens is 1. The van der Waals surface area contributed by atoms with E-state index >= 15 is 0 Å². The Balaban J connectivity index is 1.31. The van der Waals surface area contributed by atoms with Gasteiger partial charge in [0, 0.05) is 38.8 Å². The van der Waals surface area contributed by atoms with Crippen LogP contribution in [-0.4, -0.2) is 63.0 Å². The number of imidazole rings is 2. The Hall–Kier alpha value is -3.23. The van der Waals surface area contributed by atoms with Crippen LogP contribution in [0.15, 0.2) is 42.6 Å². The Morgan fingerprint density at radius 2 is 2.03 bits per heavy atom. The maximum absolute atomic E-state index is 13.1. The second kappa shape index (κ2) is 8.49. The molecule has 0 bridgehead atoms. The summed E-state index contributed by atoms with van der Waals surface area (Å²) in [4.78, 5) is 27.7. The first-order valence-electron chi connectivity index (χ1n) is 10.7. The van der Waals surface area contributed by atoms with Gasteiger partial charge in [-0.05, 0) is 30.7 Å². The molecule has 1 aliphatic heterocycles. The lowest BCUT2D eigenvalue weighted by atomic mass is 10.2. The normalized spacial score (nSPS) is 14.5. The maximum atomic E-state index is 13.1. The van der Waals surface area contributed by atoms with Crippen LogP contribution in [0.3, 0.4) is 0 Å². The van der Waals surface area contributed by atoms with Gasteiger partial charge in [0.25, 0.3) is 5.91 Å². The molecule has 31 heavy (non-hydrogen) atoms. The first kappa shape index (κ1) is 19.7. The summed E-state index contributed by atoms with van der Waals surface area (Å²) in [6, 6.07) is 12.0. The monoisotopic (exact) mass is 418 g/mol. The Bertz CT molecular complexity index is 1220. The van der Waals surface area contributed by atoms with Gasteiger partial charge in [0.1, 0.15) is 11.5 Å². The van der Waals surface area contributed by atoms with E-state index < -0.39 is 0 Å². The van der Waals surface area contributed by atoms with Crippen LogP contribution in [-0.2, 0) is 17.7 Å². The zero-order valence-corrected chi connectivity index (χ0v) is 17.6. The third-order valence-electron chi connectivity index (χ3n) is 5.72. The molecule has 160 valence electrons. The molecule has 4 aromatic rings. The second-order valence-corrected chi connectivity index (χ2v) is 7.82. The number of carbonyl (C=O) groups excluding carboxylic acids is 1. The topological polar surface area (TPSA) is 87.5 Å². The molecule has 0 saturated carbocycles. The fourth-order valence-corrected chi connectivity index (χ4v) is 4.06. The number of hydrogen-bond acceptors (Lipinski definition) is 5. The Kier molecular flexibility index (Phi) is 5.40. The molecule has 1 saturated heterocycles. The fourth-order valence-electron chi connectivity index (χ4n) is 4.06. The molecule has 2 N–H and O–H groups in total. The number of morpholine rings is 1. The van der Waals surface area contributed by atoms with Gasteiger partial charge in [-0.15, -0.1) is 0 Å². The molecule has 8 nitrogen and oxygen atoms in total. The average molecular weight is 419 g/mol. The first-order valence-corrected chi connectivity index (χ1v) is 10.7. The molecule has 0 atom stereocenters. The van der Waals surface area contributed by atoms with Gasteiger partial charge in [0.2, 0.25) is 0 Å². The van der Waals surface area contributed by atoms with E-state index in [0.717, 1.165) is 41.2 Å². The quantitative estimate of drug-likeness (QED) is 0.469. The zero-order valence-electron chi connectivity index (χ0n) is 17.6. The summed E-state index contributed by atoms with van der Waals surface area (Å²) >= 11 is 0. The highest BCUT2D eigenvalue weighted by molar-refractivity contribution is 5.94. The summed E-state index contributed by atoms with van der Waals surface area (Å²) in [6.45, 7) is 5.71. The number of nitrogens with zero attached hydrogens (tertiary/aromatic N) is 4. The zero-order chi connectivity index (χ0) is 21.2. The number of hydrogen-bond donors (Lipinski definition) is 2. The van der Waals surface area contributed by atoms with Gasteiger partial charge < -0.3 is 24.3 Å². The second-order valence-electron chi connectivity index (χ2n) is 7.82. The van der Waals surface area contributed by atoms with Crippen molar-refractivity contribution < 1.29 is 9.53 Å². The summed E-state index contributed by atoms with van der Waals surface area (Å²) in [7, 11) is 0. The molecule has 4 heterocycles. The van der Waals surface area contributed by atoms with Crippen LogP contribution in [0.5, 0.6) is 0 Å². The van der Waals surface area contributed by atoms with Crippen molar-refractivity contribution in [1.82, 2.24) is 29.6 Å². The minimum Gasteiger partial charge on any atom is -0.378 e. The number of amides is 1. The number of benzene rings is 1. The smallest absolute Gasteiger partial charge is 0.274 e. The third kappa shape index (κ3) is 3.92. The first-order chi connectivity index (χ1) is 15.2. The van der Waals surface area contributed by atoms with Crippen LogP contribution in [0.2, 0.25) is 0 Å². The van der Waals surface area contributed by atoms with Crippen molar-refractivity contribution in [3.63, 3.8) is 0 Å². The number of aromatic amines is 1. The molecule has 3 aromatic heterocycles. The number of rotatable bonds is 6. The Morgan fingerprint density at radius 3 is 2.87 bits per heavy atom. The van der Waals surface area contributed by atoms with Crippen LogP contribution in [0.1, 0.15) is 27.6 Å². The molecule has 1 aromatic carbocycles. The molecule has 0 radical (unpaired) electrons. The van der Waals surface area contributed by atoms with Gasteiger partial charge in [-0.25, -0.2) is 9.97 Å². The molecular weight excluding hydrogens is 392 g/mol. The van der Waals surface area contributed by atoms with E-state index in [-0.39, 0.29) is 5.91 Å². The number of nitrogens with one attached hydrogen (secondary N) is 2. The standard InChI is InChI=1S/C23H26N6O2/c1-16-5-4-6-17-21(16)26-19(25-17)8-9-24-15-18-22(23(30)28-11-13-31-14-12-28)27-20-7-2-3-10-29(18)20/h2-7,10,24H,8-9,11-15H2,1H3,(H,25,26). The number of ether oxygens (including phenoxy) is 1. The van der Waals surface area contributed by atoms with Gasteiger partial charge >= 0.3 is 0 Å². The molecule has 1 aliphatic rings. The van der Waals surface area contributed by atoms with Gasteiger partial charge in [-0.2, -0.15) is 0 Å². The molecule has 8 heteroatoms. The molecule has 0 spiro atoms. The highest BCUT2D eigenvalue weighted by Crippen LogP contribution is 2.17. The molecule has 1 fully saturated rings. The number of para-hydroxylation sites is 1. The van der Waals surface area contributed by atoms with Crippen LogP contribution in [0.4, 0.5) is 0 Å². The SMILES string of the molecule is Cc1cccc2[nH]c(CCNCc3c(C(=O)N4CCOCC4)nc4ccccn34)nc12. The van der Waals surface area contributed by atoms with E-state index in [2.05, 4.69) is 28.3 Å². The molecule has 5 rings (SSSR count). The van der Waals surface area contributed by atoms with E-state index in [0.29, 0.717) is 38.5 Å². The van der Waals surface area contributed by atoms with Crippen molar-refractivity contribution in [1.29, 1.82) is 0 Å². The van der Waals surface area contributed by atoms with Crippen LogP contribution in [0.25, 0.3) is 16.7 Å². The largest absolute Gasteiger partial charge is 0.378 e. The fraction of sp³-hybridized carbons (Fsp3) is 0.348. The van der Waals surface area contributed by atoms with Gasteiger partial charge in [0.15, 0.2) is 5.69 Å². The van der Waals surface area contributed by atoms with Crippen LogP contribution < -0.4 is 5.32 Å². The van der Waals surface area contributed by atoms with Gasteiger partial charge in [0.05, 0.1) is 29.9 Å². The van der Waals surface area contributed by atoms with Crippen molar-refractivity contribution in [2.45, 2.75) is 19.9 Å². The maximum Gasteiger partial charge on any atom is 0.274 e. The minimum absolute atomic E-state index is 0.0310. The predicted octanol–water partition coefficient (Wildman–Crippen LogP) is 2.32. The van der Waals surface area contributed by atoms with E-state index in [1.54, 1.807) is 0 Å². The number of fused-ring (bicyclic) bond motifs is 2. The number of aryl methyl sites for hydroxylation is 1. The molecule has 0 aliphatic carbocycles. The van der Waals surface area contributed by atoms with E-state index in [1.165, 1.54) is 5.56 Å². The lowest BCUT2D eigenvalue weighted by molar-refractivity contribution is 0.0298. The average Bonchev–Trinajstić information content (AvgIpc) is 3.39. The summed E-state index contributed by atoms with van der Waals surface area (Å²) in [5, 5.41) is 3.47. The molecule has 1 amide bonds. The van der Waals surface area contributed by atoms with E-state index in [4.69, 9.17) is 9.72 Å². The summed E-state index contributed by atoms with van der Waals surface area (Å²) in [5.41, 5.74) is 5.44. The Morgan fingerprint density at radius 1 is 1.16 bits per heavy atom. The van der Waals surface area contributed by atoms with Crippen molar-refractivity contribution in [3.05, 3.63) is 65.4 Å². The van der Waals surface area contributed by atoms with Crippen molar-refractivity contribution in [2.75, 3.05) is 32.8 Å². The van der Waals surface area contributed by atoms with E-state index in [9.17, 15) is 4.79 Å². The summed E-state index contributed by atoms with van der Waals surface area (Å²) < 4.78 is 7.38. The van der Waals surface area contributed by atoms with Gasteiger partial charge in [-0.1, -0.05) is 18.2 Å². The lowest BCUT2D eigenvalue weighted by Crippen LogP contribution is -2.41. The number of pyridine rings is 1. The van der Waals surface area contributed by atoms with Crippen molar-refractivity contribution in [2.24, 2.45) is 0 Å². The minimum atomic E-state index is -0.0310.